The molecule has 20 heavy (non-hydrogen) atoms. The Balaban J connectivity index is 1.92. The molecule has 6 heteroatoms. The first-order valence-electron chi connectivity index (χ1n) is 6.67. The average molecular weight is 276 g/mol. The van der Waals surface area contributed by atoms with Gasteiger partial charge in [0.1, 0.15) is 6.23 Å². The number of hydrogen-bond donors (Lipinski definition) is 3. The van der Waals surface area contributed by atoms with Crippen LogP contribution in [0.5, 0.6) is 0 Å². The van der Waals surface area contributed by atoms with Crippen LogP contribution in [0.4, 0.5) is 4.79 Å². The Morgan fingerprint density at radius 3 is 3.00 bits per heavy atom. The van der Waals surface area contributed by atoms with Crippen molar-refractivity contribution in [3.05, 3.63) is 35.4 Å². The fraction of sp³-hybridized carbons (Fsp3) is 0.429. The van der Waals surface area contributed by atoms with Gasteiger partial charge in [-0.2, -0.15) is 0 Å². The molecule has 106 valence electrons. The van der Waals surface area contributed by atoms with E-state index in [4.69, 9.17) is 9.84 Å². The molecule has 2 heterocycles. The van der Waals surface area contributed by atoms with E-state index in [-0.39, 0.29) is 29.8 Å². The van der Waals surface area contributed by atoms with Gasteiger partial charge in [0.05, 0.1) is 11.6 Å². The van der Waals surface area contributed by atoms with Crippen molar-refractivity contribution in [1.82, 2.24) is 10.6 Å². The Bertz CT molecular complexity index is 546. The number of aromatic carboxylic acids is 1. The number of carboxylic acid groups (broad SMARTS) is 1. The molecule has 2 amide bonds. The van der Waals surface area contributed by atoms with E-state index in [9.17, 15) is 9.59 Å². The van der Waals surface area contributed by atoms with Gasteiger partial charge in [0.25, 0.3) is 0 Å². The largest absolute Gasteiger partial charge is 0.478 e. The summed E-state index contributed by atoms with van der Waals surface area (Å²) >= 11 is 0. The number of ether oxygens (including phenoxy) is 1. The SMILES string of the molecule is O=C1N[C@H]2OCCC[C@H]2[C@H](c2cccc(C(=O)O)c2)N1. The van der Waals surface area contributed by atoms with E-state index < -0.39 is 5.97 Å². The van der Waals surface area contributed by atoms with Crippen LogP contribution >= 0.6 is 0 Å². The molecule has 1 aromatic rings. The van der Waals surface area contributed by atoms with Crippen molar-refractivity contribution in [2.45, 2.75) is 25.1 Å². The normalized spacial score (nSPS) is 29.0. The Hall–Kier alpha value is -2.08. The number of hydrogen-bond acceptors (Lipinski definition) is 3. The third kappa shape index (κ3) is 2.34. The molecular formula is C14H16N2O4. The molecule has 2 saturated heterocycles. The van der Waals surface area contributed by atoms with Gasteiger partial charge < -0.3 is 20.5 Å². The molecule has 0 aromatic heterocycles. The highest BCUT2D eigenvalue weighted by Crippen LogP contribution is 2.34. The molecule has 2 aliphatic heterocycles. The minimum atomic E-state index is -0.969. The first-order valence-corrected chi connectivity index (χ1v) is 6.67. The van der Waals surface area contributed by atoms with Crippen LogP contribution in [0, 0.1) is 5.92 Å². The summed E-state index contributed by atoms with van der Waals surface area (Å²) in [5, 5.41) is 14.7. The molecule has 2 aliphatic rings. The second-order valence-corrected chi connectivity index (χ2v) is 5.12. The molecular weight excluding hydrogens is 260 g/mol. The van der Waals surface area contributed by atoms with Crippen molar-refractivity contribution in [2.24, 2.45) is 5.92 Å². The summed E-state index contributed by atoms with van der Waals surface area (Å²) in [5.41, 5.74) is 1.03. The molecule has 1 aromatic carbocycles. The zero-order chi connectivity index (χ0) is 14.1. The van der Waals surface area contributed by atoms with Crippen LogP contribution in [0.15, 0.2) is 24.3 Å². The predicted molar refractivity (Wildman–Crippen MR) is 70.3 cm³/mol. The Morgan fingerprint density at radius 1 is 1.35 bits per heavy atom. The molecule has 0 bridgehead atoms. The van der Waals surface area contributed by atoms with E-state index in [1.165, 1.54) is 0 Å². The van der Waals surface area contributed by atoms with Crippen molar-refractivity contribution in [3.8, 4) is 0 Å². The Labute approximate surface area is 116 Å². The van der Waals surface area contributed by atoms with Gasteiger partial charge in [0.15, 0.2) is 0 Å². The molecule has 0 unspecified atom stereocenters. The number of carboxylic acids is 1. The fourth-order valence-corrected chi connectivity index (χ4v) is 2.91. The molecule has 2 fully saturated rings. The summed E-state index contributed by atoms with van der Waals surface area (Å²) in [5.74, 6) is -0.853. The molecule has 0 spiro atoms. The van der Waals surface area contributed by atoms with E-state index in [1.54, 1.807) is 18.2 Å². The van der Waals surface area contributed by atoms with Crippen LogP contribution in [0.1, 0.15) is 34.8 Å². The van der Waals surface area contributed by atoms with Crippen LogP contribution in [0.25, 0.3) is 0 Å². The molecule has 0 aliphatic carbocycles. The van der Waals surface area contributed by atoms with Crippen molar-refractivity contribution in [3.63, 3.8) is 0 Å². The van der Waals surface area contributed by atoms with Crippen molar-refractivity contribution < 1.29 is 19.4 Å². The monoisotopic (exact) mass is 276 g/mol. The van der Waals surface area contributed by atoms with Crippen LogP contribution in [-0.4, -0.2) is 29.9 Å². The number of amides is 2. The number of rotatable bonds is 2. The smallest absolute Gasteiger partial charge is 0.335 e. The van der Waals surface area contributed by atoms with Crippen LogP contribution < -0.4 is 10.6 Å². The van der Waals surface area contributed by atoms with Crippen molar-refractivity contribution in [2.75, 3.05) is 6.61 Å². The summed E-state index contributed by atoms with van der Waals surface area (Å²) in [4.78, 5) is 22.8. The lowest BCUT2D eigenvalue weighted by Crippen LogP contribution is -2.58. The fourth-order valence-electron chi connectivity index (χ4n) is 2.91. The zero-order valence-corrected chi connectivity index (χ0v) is 10.8. The molecule has 0 saturated carbocycles. The van der Waals surface area contributed by atoms with E-state index in [0.717, 1.165) is 18.4 Å². The summed E-state index contributed by atoms with van der Waals surface area (Å²) in [6.45, 7) is 0.642. The lowest BCUT2D eigenvalue weighted by Gasteiger charge is -2.41. The molecule has 6 nitrogen and oxygen atoms in total. The van der Waals surface area contributed by atoms with Gasteiger partial charge in [-0.3, -0.25) is 0 Å². The third-order valence-electron chi connectivity index (χ3n) is 3.85. The van der Waals surface area contributed by atoms with Gasteiger partial charge in [0.2, 0.25) is 0 Å². The van der Waals surface area contributed by atoms with Crippen LogP contribution in [0.2, 0.25) is 0 Å². The van der Waals surface area contributed by atoms with Crippen molar-refractivity contribution >= 4 is 12.0 Å². The van der Waals surface area contributed by atoms with Gasteiger partial charge >= 0.3 is 12.0 Å². The maximum atomic E-state index is 11.7. The maximum Gasteiger partial charge on any atom is 0.335 e. The summed E-state index contributed by atoms with van der Waals surface area (Å²) in [7, 11) is 0. The van der Waals surface area contributed by atoms with Gasteiger partial charge in [-0.1, -0.05) is 12.1 Å². The molecule has 3 atom stereocenters. The molecule has 0 radical (unpaired) electrons. The second-order valence-electron chi connectivity index (χ2n) is 5.12. The average Bonchev–Trinajstić information content (AvgIpc) is 2.46. The lowest BCUT2D eigenvalue weighted by molar-refractivity contribution is -0.0602. The zero-order valence-electron chi connectivity index (χ0n) is 10.8. The predicted octanol–water partition coefficient (Wildman–Crippen LogP) is 1.49. The second kappa shape index (κ2) is 5.13. The Morgan fingerprint density at radius 2 is 2.20 bits per heavy atom. The molecule has 3 rings (SSSR count). The quantitative estimate of drug-likeness (QED) is 0.763. The van der Waals surface area contributed by atoms with Gasteiger partial charge in [0, 0.05) is 12.5 Å². The number of carbonyl (C=O) groups excluding carboxylic acids is 1. The topological polar surface area (TPSA) is 87.7 Å². The number of urea groups is 1. The van der Waals surface area contributed by atoms with E-state index in [0.29, 0.717) is 6.61 Å². The summed E-state index contributed by atoms with van der Waals surface area (Å²) in [6.07, 6.45) is 1.57. The third-order valence-corrected chi connectivity index (χ3v) is 3.85. The highest BCUT2D eigenvalue weighted by atomic mass is 16.5. The molecule has 3 N–H and O–H groups in total. The van der Waals surface area contributed by atoms with E-state index >= 15 is 0 Å². The highest BCUT2D eigenvalue weighted by Gasteiger charge is 2.39. The summed E-state index contributed by atoms with van der Waals surface area (Å²) in [6, 6.07) is 6.21. The first-order chi connectivity index (χ1) is 9.65. The van der Waals surface area contributed by atoms with E-state index in [2.05, 4.69) is 10.6 Å². The Kier molecular flexibility index (Phi) is 3.31. The standard InChI is InChI=1S/C14H16N2O4/c17-13(18)9-4-1-3-8(7-9)11-10-5-2-6-20-12(10)16-14(19)15-11/h1,3-4,7,10-12H,2,5-6H2,(H,17,18)(H2,15,16,19)/t10-,11-,12-/m0/s1. The number of benzene rings is 1. The van der Waals surface area contributed by atoms with Crippen LogP contribution in [-0.2, 0) is 4.74 Å². The minimum absolute atomic E-state index is 0.116. The van der Waals surface area contributed by atoms with Gasteiger partial charge in [-0.05, 0) is 30.5 Å². The van der Waals surface area contributed by atoms with Crippen LogP contribution in [0.3, 0.4) is 0 Å². The maximum absolute atomic E-state index is 11.7. The van der Waals surface area contributed by atoms with Gasteiger partial charge in [-0.15, -0.1) is 0 Å². The highest BCUT2D eigenvalue weighted by molar-refractivity contribution is 5.87. The van der Waals surface area contributed by atoms with Crippen molar-refractivity contribution in [1.29, 1.82) is 0 Å². The lowest BCUT2D eigenvalue weighted by atomic mass is 9.85. The summed E-state index contributed by atoms with van der Waals surface area (Å²) < 4.78 is 5.59. The number of carbonyl (C=O) groups is 2. The van der Waals surface area contributed by atoms with E-state index in [1.807, 2.05) is 6.07 Å². The number of fused-ring (bicyclic) bond motifs is 1. The minimum Gasteiger partial charge on any atom is -0.478 e. The first kappa shape index (κ1) is 12.9. The number of nitrogens with one attached hydrogen (secondary N) is 2. The van der Waals surface area contributed by atoms with Gasteiger partial charge in [-0.25, -0.2) is 9.59 Å².